The van der Waals surface area contributed by atoms with Gasteiger partial charge in [0.05, 0.1) is 0 Å². The van der Waals surface area contributed by atoms with Crippen molar-refractivity contribution in [1.82, 2.24) is 10.2 Å². The molecule has 0 saturated carbocycles. The van der Waals surface area contributed by atoms with E-state index in [2.05, 4.69) is 5.32 Å². The highest BCUT2D eigenvalue weighted by Gasteiger charge is 2.18. The molecular weight excluding hydrogens is 244 g/mol. The molecule has 0 atom stereocenters. The van der Waals surface area contributed by atoms with Crippen molar-refractivity contribution >= 4 is 12.0 Å². The van der Waals surface area contributed by atoms with Crippen molar-refractivity contribution in [1.29, 1.82) is 0 Å². The summed E-state index contributed by atoms with van der Waals surface area (Å²) in [6.45, 7) is 1.76. The second-order valence-electron chi connectivity index (χ2n) is 4.50. The number of carbonyl (C=O) groups is 2. The molecule has 2 rings (SSSR count). The van der Waals surface area contributed by atoms with Gasteiger partial charge in [-0.15, -0.1) is 0 Å². The van der Waals surface area contributed by atoms with Gasteiger partial charge in [0.25, 0.3) is 5.91 Å². The predicted molar refractivity (Wildman–Crippen MR) is 70.4 cm³/mol. The van der Waals surface area contributed by atoms with E-state index in [9.17, 15) is 9.59 Å². The molecule has 0 aromatic heterocycles. The molecule has 1 aliphatic heterocycles. The molecule has 0 spiro atoms. The molecule has 2 amide bonds. The van der Waals surface area contributed by atoms with E-state index >= 15 is 0 Å². The van der Waals surface area contributed by atoms with Crippen molar-refractivity contribution in [2.45, 2.75) is 19.4 Å². The molecule has 1 heterocycles. The van der Waals surface area contributed by atoms with Crippen molar-refractivity contribution in [3.8, 4) is 0 Å². The fraction of sp³-hybridized carbons (Fsp3) is 0.429. The summed E-state index contributed by atoms with van der Waals surface area (Å²) in [5.41, 5.74) is 0.991. The Morgan fingerprint density at radius 2 is 1.84 bits per heavy atom. The van der Waals surface area contributed by atoms with Gasteiger partial charge in [-0.3, -0.25) is 4.79 Å². The first kappa shape index (κ1) is 13.4. The van der Waals surface area contributed by atoms with E-state index in [1.165, 1.54) is 0 Å². The van der Waals surface area contributed by atoms with Gasteiger partial charge in [0.1, 0.15) is 0 Å². The van der Waals surface area contributed by atoms with E-state index in [4.69, 9.17) is 4.74 Å². The SMILES string of the molecule is O=C(NCc1ccccc1)OCC(=O)N1CCCC1. The average molecular weight is 262 g/mol. The molecule has 0 bridgehead atoms. The van der Waals surface area contributed by atoms with Crippen LogP contribution in [0.4, 0.5) is 4.79 Å². The molecular formula is C14H18N2O3. The van der Waals surface area contributed by atoms with Crippen LogP contribution in [-0.4, -0.2) is 36.6 Å². The van der Waals surface area contributed by atoms with Crippen LogP contribution in [0.2, 0.25) is 0 Å². The number of hydrogen-bond acceptors (Lipinski definition) is 3. The maximum absolute atomic E-state index is 11.6. The molecule has 1 aromatic rings. The summed E-state index contributed by atoms with van der Waals surface area (Å²) in [6, 6.07) is 9.54. The first-order chi connectivity index (χ1) is 9.25. The van der Waals surface area contributed by atoms with Gasteiger partial charge in [0.2, 0.25) is 0 Å². The fourth-order valence-corrected chi connectivity index (χ4v) is 2.01. The topological polar surface area (TPSA) is 58.6 Å². The molecule has 5 heteroatoms. The van der Waals surface area contributed by atoms with Crippen LogP contribution in [0.1, 0.15) is 18.4 Å². The Morgan fingerprint density at radius 3 is 2.53 bits per heavy atom. The minimum atomic E-state index is -0.559. The number of alkyl carbamates (subject to hydrolysis) is 1. The van der Waals surface area contributed by atoms with E-state index in [1.807, 2.05) is 30.3 Å². The van der Waals surface area contributed by atoms with E-state index in [0.29, 0.717) is 6.54 Å². The van der Waals surface area contributed by atoms with Crippen molar-refractivity contribution in [2.24, 2.45) is 0 Å². The van der Waals surface area contributed by atoms with Gasteiger partial charge in [-0.25, -0.2) is 4.79 Å². The lowest BCUT2D eigenvalue weighted by Gasteiger charge is -2.15. The fourth-order valence-electron chi connectivity index (χ4n) is 2.01. The largest absolute Gasteiger partial charge is 0.439 e. The first-order valence-corrected chi connectivity index (χ1v) is 6.48. The molecule has 1 aliphatic rings. The summed E-state index contributed by atoms with van der Waals surface area (Å²) in [6.07, 6.45) is 1.51. The van der Waals surface area contributed by atoms with Crippen LogP contribution < -0.4 is 5.32 Å². The Hall–Kier alpha value is -2.04. The van der Waals surface area contributed by atoms with E-state index in [0.717, 1.165) is 31.5 Å². The third-order valence-electron chi connectivity index (χ3n) is 3.07. The summed E-state index contributed by atoms with van der Waals surface area (Å²) in [4.78, 5) is 24.8. The Kier molecular flexibility index (Phi) is 4.78. The molecule has 0 radical (unpaired) electrons. The van der Waals surface area contributed by atoms with Crippen LogP contribution in [0.15, 0.2) is 30.3 Å². The number of nitrogens with one attached hydrogen (secondary N) is 1. The van der Waals surface area contributed by atoms with Gasteiger partial charge in [-0.05, 0) is 18.4 Å². The zero-order valence-electron chi connectivity index (χ0n) is 10.8. The molecule has 0 aliphatic carbocycles. The van der Waals surface area contributed by atoms with Gasteiger partial charge in [0, 0.05) is 19.6 Å². The Balaban J connectivity index is 1.65. The van der Waals surface area contributed by atoms with Crippen molar-refractivity contribution < 1.29 is 14.3 Å². The second kappa shape index (κ2) is 6.78. The van der Waals surface area contributed by atoms with Gasteiger partial charge < -0.3 is 15.0 Å². The maximum atomic E-state index is 11.6. The summed E-state index contributed by atoms with van der Waals surface area (Å²) in [7, 11) is 0. The highest BCUT2D eigenvalue weighted by molar-refractivity contribution is 5.80. The number of benzene rings is 1. The Labute approximate surface area is 112 Å². The molecule has 1 saturated heterocycles. The lowest BCUT2D eigenvalue weighted by Crippen LogP contribution is -2.34. The van der Waals surface area contributed by atoms with Gasteiger partial charge >= 0.3 is 6.09 Å². The van der Waals surface area contributed by atoms with Gasteiger partial charge in [-0.2, -0.15) is 0 Å². The number of rotatable bonds is 4. The molecule has 19 heavy (non-hydrogen) atoms. The lowest BCUT2D eigenvalue weighted by molar-refractivity contribution is -0.133. The van der Waals surface area contributed by atoms with E-state index in [-0.39, 0.29) is 12.5 Å². The van der Waals surface area contributed by atoms with Crippen LogP contribution in [0.25, 0.3) is 0 Å². The van der Waals surface area contributed by atoms with Crippen molar-refractivity contribution in [3.05, 3.63) is 35.9 Å². The summed E-state index contributed by atoms with van der Waals surface area (Å²) >= 11 is 0. The first-order valence-electron chi connectivity index (χ1n) is 6.48. The normalized spacial score (nSPS) is 14.2. The Morgan fingerprint density at radius 1 is 1.16 bits per heavy atom. The highest BCUT2D eigenvalue weighted by atomic mass is 16.6. The van der Waals surface area contributed by atoms with Crippen LogP contribution in [0.3, 0.4) is 0 Å². The van der Waals surface area contributed by atoms with Crippen LogP contribution >= 0.6 is 0 Å². The zero-order valence-corrected chi connectivity index (χ0v) is 10.8. The van der Waals surface area contributed by atoms with Crippen LogP contribution in [0.5, 0.6) is 0 Å². The number of amides is 2. The molecule has 102 valence electrons. The smallest absolute Gasteiger partial charge is 0.407 e. The number of ether oxygens (including phenoxy) is 1. The summed E-state index contributed by atoms with van der Waals surface area (Å²) < 4.78 is 4.90. The van der Waals surface area contributed by atoms with Crippen molar-refractivity contribution in [2.75, 3.05) is 19.7 Å². The van der Waals surface area contributed by atoms with Gasteiger partial charge in [-0.1, -0.05) is 30.3 Å². The van der Waals surface area contributed by atoms with Crippen LogP contribution in [-0.2, 0) is 16.1 Å². The number of nitrogens with zero attached hydrogens (tertiary/aromatic N) is 1. The van der Waals surface area contributed by atoms with E-state index < -0.39 is 6.09 Å². The van der Waals surface area contributed by atoms with Gasteiger partial charge in [0.15, 0.2) is 6.61 Å². The molecule has 1 aromatic carbocycles. The number of likely N-dealkylation sites (tertiary alicyclic amines) is 1. The third kappa shape index (κ3) is 4.28. The zero-order chi connectivity index (χ0) is 13.5. The molecule has 0 unspecified atom stereocenters. The quantitative estimate of drug-likeness (QED) is 0.895. The second-order valence-corrected chi connectivity index (χ2v) is 4.50. The third-order valence-corrected chi connectivity index (χ3v) is 3.07. The molecule has 1 fully saturated rings. The summed E-state index contributed by atoms with van der Waals surface area (Å²) in [5.74, 6) is -0.118. The minimum absolute atomic E-state index is 0.118. The number of carbonyl (C=O) groups excluding carboxylic acids is 2. The lowest BCUT2D eigenvalue weighted by atomic mass is 10.2. The molecule has 1 N–H and O–H groups in total. The number of hydrogen-bond donors (Lipinski definition) is 1. The maximum Gasteiger partial charge on any atom is 0.407 e. The Bertz CT molecular complexity index is 428. The monoisotopic (exact) mass is 262 g/mol. The van der Waals surface area contributed by atoms with Crippen LogP contribution in [0, 0.1) is 0 Å². The summed E-state index contributed by atoms with van der Waals surface area (Å²) in [5, 5.41) is 2.61. The predicted octanol–water partition coefficient (Wildman–Crippen LogP) is 1.54. The standard InChI is InChI=1S/C14H18N2O3/c17-13(16-8-4-5-9-16)11-19-14(18)15-10-12-6-2-1-3-7-12/h1-3,6-7H,4-5,8-11H2,(H,15,18). The van der Waals surface area contributed by atoms with E-state index in [1.54, 1.807) is 4.90 Å². The average Bonchev–Trinajstić information content (AvgIpc) is 2.98. The van der Waals surface area contributed by atoms with Crippen molar-refractivity contribution in [3.63, 3.8) is 0 Å². The molecule has 5 nitrogen and oxygen atoms in total. The highest BCUT2D eigenvalue weighted by Crippen LogP contribution is 2.07. The minimum Gasteiger partial charge on any atom is -0.439 e.